The van der Waals surface area contributed by atoms with Gasteiger partial charge in [0.1, 0.15) is 0 Å². The zero-order chi connectivity index (χ0) is 13.8. The van der Waals surface area contributed by atoms with E-state index in [-0.39, 0.29) is 12.0 Å². The molecule has 0 aliphatic heterocycles. The molecule has 2 heterocycles. The summed E-state index contributed by atoms with van der Waals surface area (Å²) in [7, 11) is 0. The molecule has 3 heteroatoms. The third kappa shape index (κ3) is 2.88. The van der Waals surface area contributed by atoms with Crippen molar-refractivity contribution in [3.8, 4) is 0 Å². The van der Waals surface area contributed by atoms with Crippen LogP contribution in [0.1, 0.15) is 42.0 Å². The largest absolute Gasteiger partial charge is 0.392 e. The standard InChI is InChI=1S/C17H20N2O/c20-16(9-8-13-4-2-10-18-12-13)15-7-1-5-14-6-3-11-19-17(14)15/h2-4,6,10-12,15-16,20H,1,5,7-9H2. The predicted molar refractivity (Wildman–Crippen MR) is 78.5 cm³/mol. The van der Waals surface area contributed by atoms with Crippen LogP contribution in [0.5, 0.6) is 0 Å². The van der Waals surface area contributed by atoms with Gasteiger partial charge in [-0.1, -0.05) is 12.1 Å². The second kappa shape index (κ2) is 6.14. The van der Waals surface area contributed by atoms with Gasteiger partial charge < -0.3 is 5.11 Å². The van der Waals surface area contributed by atoms with Gasteiger partial charge in [0, 0.05) is 30.2 Å². The topological polar surface area (TPSA) is 46.0 Å². The Bertz CT molecular complexity index is 556. The summed E-state index contributed by atoms with van der Waals surface area (Å²) in [4.78, 5) is 8.62. The zero-order valence-electron chi connectivity index (χ0n) is 11.6. The highest BCUT2D eigenvalue weighted by Gasteiger charge is 2.27. The van der Waals surface area contributed by atoms with Crippen LogP contribution < -0.4 is 0 Å². The molecule has 3 nitrogen and oxygen atoms in total. The molecule has 0 radical (unpaired) electrons. The summed E-state index contributed by atoms with van der Waals surface area (Å²) < 4.78 is 0. The Kier molecular flexibility index (Phi) is 4.07. The number of nitrogens with zero attached hydrogens (tertiary/aromatic N) is 2. The normalized spacial score (nSPS) is 19.4. The molecule has 2 aromatic heterocycles. The van der Waals surface area contributed by atoms with Crippen LogP contribution in [0.25, 0.3) is 0 Å². The Balaban J connectivity index is 1.67. The molecule has 2 atom stereocenters. The van der Waals surface area contributed by atoms with Gasteiger partial charge in [0.05, 0.1) is 6.10 Å². The molecule has 1 aliphatic carbocycles. The van der Waals surface area contributed by atoms with Gasteiger partial charge in [-0.05, 0) is 55.4 Å². The van der Waals surface area contributed by atoms with E-state index < -0.39 is 0 Å². The fraction of sp³-hybridized carbons (Fsp3) is 0.412. The van der Waals surface area contributed by atoms with Gasteiger partial charge in [-0.2, -0.15) is 0 Å². The van der Waals surface area contributed by atoms with Crippen molar-refractivity contribution in [1.29, 1.82) is 0 Å². The monoisotopic (exact) mass is 268 g/mol. The number of aliphatic hydroxyl groups excluding tert-OH is 1. The maximum Gasteiger partial charge on any atom is 0.0627 e. The minimum Gasteiger partial charge on any atom is -0.392 e. The van der Waals surface area contributed by atoms with Gasteiger partial charge in [-0.3, -0.25) is 9.97 Å². The number of hydrogen-bond acceptors (Lipinski definition) is 3. The maximum absolute atomic E-state index is 10.5. The Labute approximate surface area is 119 Å². The lowest BCUT2D eigenvalue weighted by Gasteiger charge is -2.28. The van der Waals surface area contributed by atoms with Crippen LogP contribution in [0.15, 0.2) is 42.9 Å². The molecule has 1 aliphatic rings. The summed E-state index contributed by atoms with van der Waals surface area (Å²) in [5.74, 6) is 0.191. The molecular formula is C17H20N2O. The molecule has 1 N–H and O–H groups in total. The molecule has 104 valence electrons. The van der Waals surface area contributed by atoms with Crippen LogP contribution in [-0.2, 0) is 12.8 Å². The van der Waals surface area contributed by atoms with Gasteiger partial charge in [0.2, 0.25) is 0 Å². The first-order valence-corrected chi connectivity index (χ1v) is 7.35. The van der Waals surface area contributed by atoms with Crippen LogP contribution >= 0.6 is 0 Å². The highest BCUT2D eigenvalue weighted by Crippen LogP contribution is 2.33. The summed E-state index contributed by atoms with van der Waals surface area (Å²) in [5, 5.41) is 10.5. The van der Waals surface area contributed by atoms with Gasteiger partial charge >= 0.3 is 0 Å². The van der Waals surface area contributed by atoms with Crippen molar-refractivity contribution in [2.45, 2.75) is 44.1 Å². The van der Waals surface area contributed by atoms with E-state index in [9.17, 15) is 5.11 Å². The van der Waals surface area contributed by atoms with Crippen molar-refractivity contribution >= 4 is 0 Å². The van der Waals surface area contributed by atoms with E-state index in [1.165, 1.54) is 11.1 Å². The smallest absolute Gasteiger partial charge is 0.0627 e. The molecule has 0 fully saturated rings. The van der Waals surface area contributed by atoms with Crippen molar-refractivity contribution in [3.63, 3.8) is 0 Å². The van der Waals surface area contributed by atoms with Crippen LogP contribution in [0.4, 0.5) is 0 Å². The second-order valence-electron chi connectivity index (χ2n) is 5.51. The van der Waals surface area contributed by atoms with Crippen LogP contribution in [0.2, 0.25) is 0 Å². The SMILES string of the molecule is OC(CCc1cccnc1)C1CCCc2cccnc21. The molecule has 0 spiro atoms. The van der Waals surface area contributed by atoms with E-state index in [0.29, 0.717) is 0 Å². The first-order chi connectivity index (χ1) is 9.84. The summed E-state index contributed by atoms with van der Waals surface area (Å²) in [6.07, 6.45) is 10.1. The van der Waals surface area contributed by atoms with E-state index in [0.717, 1.165) is 37.8 Å². The lowest BCUT2D eigenvalue weighted by atomic mass is 9.81. The highest BCUT2D eigenvalue weighted by atomic mass is 16.3. The Morgan fingerprint density at radius 2 is 2.15 bits per heavy atom. The molecule has 3 rings (SSSR count). The highest BCUT2D eigenvalue weighted by molar-refractivity contribution is 5.27. The second-order valence-corrected chi connectivity index (χ2v) is 5.51. The first kappa shape index (κ1) is 13.3. The Hall–Kier alpha value is -1.74. The average Bonchev–Trinajstić information content (AvgIpc) is 2.53. The third-order valence-corrected chi connectivity index (χ3v) is 4.15. The molecule has 0 bridgehead atoms. The van der Waals surface area contributed by atoms with E-state index in [2.05, 4.69) is 22.1 Å². The fourth-order valence-corrected chi connectivity index (χ4v) is 3.08. The minimum absolute atomic E-state index is 0.191. The van der Waals surface area contributed by atoms with Crippen molar-refractivity contribution in [1.82, 2.24) is 9.97 Å². The summed E-state index contributed by atoms with van der Waals surface area (Å²) in [5.41, 5.74) is 3.60. The number of pyridine rings is 2. The fourth-order valence-electron chi connectivity index (χ4n) is 3.08. The van der Waals surface area contributed by atoms with E-state index >= 15 is 0 Å². The lowest BCUT2D eigenvalue weighted by molar-refractivity contribution is 0.123. The first-order valence-electron chi connectivity index (χ1n) is 7.35. The van der Waals surface area contributed by atoms with Crippen LogP contribution in [0.3, 0.4) is 0 Å². The number of aromatic nitrogens is 2. The van der Waals surface area contributed by atoms with Crippen molar-refractivity contribution < 1.29 is 5.11 Å². The molecule has 0 saturated carbocycles. The van der Waals surface area contributed by atoms with Gasteiger partial charge in [0.15, 0.2) is 0 Å². The third-order valence-electron chi connectivity index (χ3n) is 4.15. The number of fused-ring (bicyclic) bond motifs is 1. The van der Waals surface area contributed by atoms with Crippen molar-refractivity contribution in [3.05, 3.63) is 59.7 Å². The van der Waals surface area contributed by atoms with Crippen molar-refractivity contribution in [2.75, 3.05) is 0 Å². The summed E-state index contributed by atoms with van der Waals surface area (Å²) in [6.45, 7) is 0. The van der Waals surface area contributed by atoms with Gasteiger partial charge in [-0.25, -0.2) is 0 Å². The van der Waals surface area contributed by atoms with Gasteiger partial charge in [-0.15, -0.1) is 0 Å². The molecule has 2 aromatic rings. The molecular weight excluding hydrogens is 248 g/mol. The lowest BCUT2D eigenvalue weighted by Crippen LogP contribution is -2.24. The van der Waals surface area contributed by atoms with E-state index in [4.69, 9.17) is 0 Å². The summed E-state index contributed by atoms with van der Waals surface area (Å²) in [6, 6.07) is 8.14. The molecule has 0 aromatic carbocycles. The average molecular weight is 268 g/mol. The Morgan fingerprint density at radius 1 is 1.25 bits per heavy atom. The quantitative estimate of drug-likeness (QED) is 0.927. The minimum atomic E-state index is -0.316. The summed E-state index contributed by atoms with van der Waals surface area (Å²) >= 11 is 0. The molecule has 2 unspecified atom stereocenters. The molecule has 0 amide bonds. The number of hydrogen-bond donors (Lipinski definition) is 1. The predicted octanol–water partition coefficient (Wildman–Crippen LogP) is 2.89. The number of aliphatic hydroxyl groups is 1. The number of aryl methyl sites for hydroxylation is 2. The van der Waals surface area contributed by atoms with Crippen LogP contribution in [0, 0.1) is 0 Å². The zero-order valence-corrected chi connectivity index (χ0v) is 11.6. The maximum atomic E-state index is 10.5. The molecule has 0 saturated heterocycles. The number of rotatable bonds is 4. The van der Waals surface area contributed by atoms with Crippen LogP contribution in [-0.4, -0.2) is 21.2 Å². The van der Waals surface area contributed by atoms with E-state index in [1.54, 1.807) is 6.20 Å². The van der Waals surface area contributed by atoms with E-state index in [1.807, 2.05) is 24.5 Å². The van der Waals surface area contributed by atoms with Gasteiger partial charge in [0.25, 0.3) is 0 Å². The molecule has 20 heavy (non-hydrogen) atoms. The van der Waals surface area contributed by atoms with Crippen molar-refractivity contribution in [2.24, 2.45) is 0 Å². The Morgan fingerprint density at radius 3 is 3.00 bits per heavy atom.